The topological polar surface area (TPSA) is 92.5 Å². The molecule has 2 aromatic carbocycles. The van der Waals surface area contributed by atoms with Crippen LogP contribution in [0.2, 0.25) is 0 Å². The summed E-state index contributed by atoms with van der Waals surface area (Å²) < 4.78 is 27.0. The molecule has 1 atom stereocenters. The number of nitrogens with two attached hydrogens (primary N) is 1. The van der Waals surface area contributed by atoms with Gasteiger partial charge in [0, 0.05) is 0 Å². The quantitative estimate of drug-likeness (QED) is 0.389. The Bertz CT molecular complexity index is 1160. The summed E-state index contributed by atoms with van der Waals surface area (Å²) >= 11 is -0.950. The van der Waals surface area contributed by atoms with Crippen LogP contribution in [0.5, 0.6) is 0 Å². The maximum absolute atomic E-state index is 13.1. The third-order valence-corrected chi connectivity index (χ3v) is 12.5. The first-order valence-corrected chi connectivity index (χ1v) is 17.2. The molecule has 2 aliphatic rings. The zero-order chi connectivity index (χ0) is 24.7. The third kappa shape index (κ3) is 7.54. The van der Waals surface area contributed by atoms with Gasteiger partial charge in [-0.25, -0.2) is 13.6 Å². The molecular formula is C27H34InN3O3S. The van der Waals surface area contributed by atoms with Gasteiger partial charge in [0.1, 0.15) is 0 Å². The molecule has 1 unspecified atom stereocenters. The van der Waals surface area contributed by atoms with Crippen molar-refractivity contribution in [2.75, 3.05) is 6.54 Å². The molecule has 4 rings (SSSR count). The predicted molar refractivity (Wildman–Crippen MR) is 141 cm³/mol. The maximum atomic E-state index is 13.1. The van der Waals surface area contributed by atoms with E-state index >= 15 is 0 Å². The first-order valence-electron chi connectivity index (χ1n) is 12.5. The number of sulfonamides is 1. The second kappa shape index (κ2) is 12.4. The van der Waals surface area contributed by atoms with Crippen molar-refractivity contribution < 1.29 is 13.2 Å². The van der Waals surface area contributed by atoms with Gasteiger partial charge in [0.2, 0.25) is 10.0 Å². The number of rotatable bonds is 11. The van der Waals surface area contributed by atoms with Crippen molar-refractivity contribution in [3.05, 3.63) is 78.0 Å². The van der Waals surface area contributed by atoms with E-state index in [0.717, 1.165) is 44.2 Å². The van der Waals surface area contributed by atoms with Crippen LogP contribution in [0.3, 0.4) is 0 Å². The molecule has 35 heavy (non-hydrogen) atoms. The number of hydrogen-bond donors (Lipinski definition) is 2. The van der Waals surface area contributed by atoms with E-state index in [1.165, 1.54) is 30.5 Å². The van der Waals surface area contributed by atoms with Crippen molar-refractivity contribution in [1.82, 2.24) is 8.20 Å². The summed E-state index contributed by atoms with van der Waals surface area (Å²) in [5, 5.41) is 8.27. The van der Waals surface area contributed by atoms with E-state index in [-0.39, 0.29) is 16.7 Å². The Kier molecular flexibility index (Phi) is 9.25. The Hall–Kier alpha value is -1.90. The average Bonchev–Trinajstić information content (AvgIpc) is 3.56. The Morgan fingerprint density at radius 3 is 2.46 bits per heavy atom. The fourth-order valence-corrected chi connectivity index (χ4v) is 9.48. The number of allylic oxidation sites excluding steroid dienone is 1. The second-order valence-corrected chi connectivity index (χ2v) is 15.5. The van der Waals surface area contributed by atoms with Crippen molar-refractivity contribution in [2.24, 2.45) is 17.0 Å². The van der Waals surface area contributed by atoms with Gasteiger partial charge in [-0.3, -0.25) is 0 Å². The van der Waals surface area contributed by atoms with E-state index in [1.54, 1.807) is 15.4 Å². The van der Waals surface area contributed by atoms with Crippen molar-refractivity contribution >= 4 is 41.9 Å². The van der Waals surface area contributed by atoms with E-state index in [2.05, 4.69) is 50.8 Å². The van der Waals surface area contributed by atoms with E-state index < -0.39 is 32.7 Å². The molecule has 3 N–H and O–H groups in total. The van der Waals surface area contributed by atoms with E-state index in [0.29, 0.717) is 12.5 Å². The molecule has 184 valence electrons. The molecule has 1 saturated carbocycles. The summed E-state index contributed by atoms with van der Waals surface area (Å²) in [5.41, 5.74) is 2.23. The fraction of sp³-hybridized carbons (Fsp3) is 0.407. The first kappa shape index (κ1) is 26.2. The van der Waals surface area contributed by atoms with Gasteiger partial charge >= 0.3 is 193 Å². The Balaban J connectivity index is 1.26. The molecule has 1 heterocycles. The van der Waals surface area contributed by atoms with Gasteiger partial charge in [-0.05, 0) is 0 Å². The molecule has 1 fully saturated rings. The molecule has 1 amide bonds. The fourth-order valence-electron chi connectivity index (χ4n) is 5.10. The van der Waals surface area contributed by atoms with Crippen LogP contribution in [0.25, 0.3) is 0 Å². The Morgan fingerprint density at radius 1 is 1.06 bits per heavy atom. The van der Waals surface area contributed by atoms with Crippen LogP contribution < -0.4 is 10.5 Å². The molecule has 8 heteroatoms. The average molecular weight is 595 g/mol. The summed E-state index contributed by atoms with van der Waals surface area (Å²) in [6, 6.07) is 17.1. The number of carbonyl (C=O) groups excluding carboxylic acids is 1. The van der Waals surface area contributed by atoms with Gasteiger partial charge in [0.25, 0.3) is 0 Å². The molecule has 0 radical (unpaired) electrons. The molecule has 0 bridgehead atoms. The van der Waals surface area contributed by atoms with Crippen molar-refractivity contribution in [2.45, 2.75) is 56.4 Å². The van der Waals surface area contributed by atoms with Gasteiger partial charge in [-0.1, -0.05) is 0 Å². The van der Waals surface area contributed by atoms with Crippen LogP contribution >= 0.6 is 0 Å². The third-order valence-electron chi connectivity index (χ3n) is 7.06. The number of benzene rings is 2. The number of primary sulfonamides is 1. The number of unbranched alkanes of at least 4 members (excludes halogenated alkanes) is 1. The summed E-state index contributed by atoms with van der Waals surface area (Å²) in [7, 11) is -3.70. The Labute approximate surface area is 220 Å². The molecule has 0 saturated heterocycles. The number of nitrogens with zero attached hydrogens (tertiary/aromatic N) is 1. The minimum absolute atomic E-state index is 0.0588. The zero-order valence-corrected chi connectivity index (χ0v) is 24.2. The molecule has 2 aromatic rings. The summed E-state index contributed by atoms with van der Waals surface area (Å²) in [5.74, 6) is 0.664. The standard InChI is InChI=1S/C27H34N3O3S.In/c28-34(32,33)25-17-15-23(16-18-25)21-30-27(31)26(24-12-4-5-13-24)14-6-7-19-29-20-8-11-22-9-2-1-3-10-22;/h1-3,8-10,15-18,20,24,26H,4-7,12-14,19,21H2,(H,30,31)(H2,28,32,33);/q-1;+1. The monoisotopic (exact) mass is 595 g/mol. The van der Waals surface area contributed by atoms with Crippen LogP contribution in [0, 0.1) is 11.8 Å². The van der Waals surface area contributed by atoms with E-state index in [9.17, 15) is 13.2 Å². The minimum atomic E-state index is -3.70. The molecule has 0 spiro atoms. The van der Waals surface area contributed by atoms with Crippen molar-refractivity contribution in [3.63, 3.8) is 0 Å². The summed E-state index contributed by atoms with van der Waals surface area (Å²) in [6.45, 7) is 1.49. The van der Waals surface area contributed by atoms with Crippen LogP contribution in [-0.2, 0) is 21.4 Å². The van der Waals surface area contributed by atoms with Crippen LogP contribution in [0.15, 0.2) is 71.8 Å². The Morgan fingerprint density at radius 2 is 1.77 bits per heavy atom. The SMILES string of the molecule is NS(=O)(=O)c1ccc(CNC(=O)C(CCCC[N]2C=C[C](c3ccccc3)=[In]2)C2CCCC2)cc1. The van der Waals surface area contributed by atoms with Gasteiger partial charge in [-0.15, -0.1) is 0 Å². The van der Waals surface area contributed by atoms with E-state index in [1.807, 2.05) is 0 Å². The number of hydrogen-bond acceptors (Lipinski definition) is 4. The van der Waals surface area contributed by atoms with Gasteiger partial charge < -0.3 is 0 Å². The summed E-state index contributed by atoms with van der Waals surface area (Å²) in [4.78, 5) is 13.2. The first-order chi connectivity index (χ1) is 16.9. The van der Waals surface area contributed by atoms with Crippen LogP contribution in [0.1, 0.15) is 56.1 Å². The van der Waals surface area contributed by atoms with E-state index in [4.69, 9.17) is 5.14 Å². The predicted octanol–water partition coefficient (Wildman–Crippen LogP) is 3.60. The summed E-state index contributed by atoms with van der Waals surface area (Å²) in [6.07, 6.45) is 12.4. The molecular weight excluding hydrogens is 561 g/mol. The number of nitrogens with one attached hydrogen (secondary N) is 1. The molecule has 6 nitrogen and oxygen atoms in total. The van der Waals surface area contributed by atoms with Gasteiger partial charge in [-0.2, -0.15) is 0 Å². The van der Waals surface area contributed by atoms with Gasteiger partial charge in [0.15, 0.2) is 0 Å². The number of carbonyl (C=O) groups is 1. The number of amides is 1. The second-order valence-electron chi connectivity index (χ2n) is 9.56. The molecule has 1 aliphatic carbocycles. The molecule has 0 aromatic heterocycles. The van der Waals surface area contributed by atoms with Gasteiger partial charge in [0.05, 0.1) is 4.90 Å². The normalized spacial score (nSPS) is 16.7. The molecule has 1 aliphatic heterocycles. The van der Waals surface area contributed by atoms with Crippen LogP contribution in [-0.4, -0.2) is 49.7 Å². The zero-order valence-electron chi connectivity index (χ0n) is 20.1. The van der Waals surface area contributed by atoms with Crippen molar-refractivity contribution in [1.29, 1.82) is 0 Å². The van der Waals surface area contributed by atoms with Crippen LogP contribution in [0.4, 0.5) is 0 Å². The van der Waals surface area contributed by atoms with Crippen molar-refractivity contribution in [3.8, 4) is 0 Å².